The Balaban J connectivity index is 1.32. The molecule has 1 amide bonds. The van der Waals surface area contributed by atoms with Crippen LogP contribution in [0.3, 0.4) is 0 Å². The third-order valence-electron chi connectivity index (χ3n) is 4.05. The van der Waals surface area contributed by atoms with Gasteiger partial charge in [0.25, 0.3) is 0 Å². The molecule has 1 aromatic heterocycles. The molecule has 0 bridgehead atoms. The Bertz CT molecular complexity index is 760. The molecule has 3 heterocycles. The van der Waals surface area contributed by atoms with Gasteiger partial charge in [0.15, 0.2) is 16.6 Å². The number of ether oxygens (including phenoxy) is 2. The highest BCUT2D eigenvalue weighted by molar-refractivity contribution is 7.13. The summed E-state index contributed by atoms with van der Waals surface area (Å²) < 4.78 is 10.6. The Hall–Kier alpha value is -2.54. The minimum absolute atomic E-state index is 0.0846. The average molecular weight is 343 g/mol. The first-order valence-corrected chi connectivity index (χ1v) is 8.68. The first-order chi connectivity index (χ1) is 11.8. The van der Waals surface area contributed by atoms with Crippen molar-refractivity contribution >= 4 is 28.5 Å². The van der Waals surface area contributed by atoms with E-state index in [9.17, 15) is 4.79 Å². The molecule has 4 rings (SSSR count). The van der Waals surface area contributed by atoms with Gasteiger partial charge in [-0.2, -0.15) is 0 Å². The molecule has 1 N–H and O–H groups in total. The molecule has 1 atom stereocenters. The number of benzene rings is 1. The first kappa shape index (κ1) is 15.0. The lowest BCUT2D eigenvalue weighted by molar-refractivity contribution is -0.117. The average Bonchev–Trinajstić information content (AvgIpc) is 3.32. The number of amides is 1. The maximum atomic E-state index is 12.1. The molecule has 7 heteroatoms. The van der Waals surface area contributed by atoms with Crippen LogP contribution in [0.25, 0.3) is 6.08 Å². The zero-order valence-electron chi connectivity index (χ0n) is 13.0. The molecule has 1 unspecified atom stereocenters. The Kier molecular flexibility index (Phi) is 4.08. The van der Waals surface area contributed by atoms with Crippen LogP contribution in [0.2, 0.25) is 0 Å². The molecule has 2 aliphatic heterocycles. The molecule has 1 fully saturated rings. The SMILES string of the molecule is O=C(C=Cc1ccc2c(c1)OCO2)NC1CCN(c2nccs2)C1. The molecule has 2 aromatic rings. The molecule has 2 aliphatic rings. The smallest absolute Gasteiger partial charge is 0.244 e. The van der Waals surface area contributed by atoms with E-state index in [0.29, 0.717) is 5.75 Å². The number of carbonyl (C=O) groups excluding carboxylic acids is 1. The Labute approximate surface area is 143 Å². The molecule has 0 radical (unpaired) electrons. The van der Waals surface area contributed by atoms with Crippen LogP contribution in [0.5, 0.6) is 11.5 Å². The number of nitrogens with zero attached hydrogens (tertiary/aromatic N) is 2. The maximum absolute atomic E-state index is 12.1. The summed E-state index contributed by atoms with van der Waals surface area (Å²) in [5.41, 5.74) is 0.908. The number of hydrogen-bond donors (Lipinski definition) is 1. The lowest BCUT2D eigenvalue weighted by Crippen LogP contribution is -2.36. The molecule has 0 aliphatic carbocycles. The lowest BCUT2D eigenvalue weighted by Gasteiger charge is -2.15. The molecule has 0 saturated carbocycles. The van der Waals surface area contributed by atoms with Gasteiger partial charge in [-0.05, 0) is 30.2 Å². The van der Waals surface area contributed by atoms with Crippen LogP contribution in [0.1, 0.15) is 12.0 Å². The van der Waals surface area contributed by atoms with Gasteiger partial charge in [0, 0.05) is 36.8 Å². The second-order valence-electron chi connectivity index (χ2n) is 5.70. The summed E-state index contributed by atoms with van der Waals surface area (Å²) in [5.74, 6) is 1.37. The van der Waals surface area contributed by atoms with Crippen LogP contribution < -0.4 is 19.7 Å². The topological polar surface area (TPSA) is 63.7 Å². The van der Waals surface area contributed by atoms with Crippen molar-refractivity contribution in [3.8, 4) is 11.5 Å². The molecule has 24 heavy (non-hydrogen) atoms. The van der Waals surface area contributed by atoms with Gasteiger partial charge >= 0.3 is 0 Å². The predicted octanol–water partition coefficient (Wildman–Crippen LogP) is 2.28. The number of aromatic nitrogens is 1. The summed E-state index contributed by atoms with van der Waals surface area (Å²) in [4.78, 5) is 18.6. The number of carbonyl (C=O) groups is 1. The number of nitrogens with one attached hydrogen (secondary N) is 1. The number of rotatable bonds is 4. The van der Waals surface area contributed by atoms with E-state index in [4.69, 9.17) is 9.47 Å². The Morgan fingerprint density at radius 2 is 2.29 bits per heavy atom. The van der Waals surface area contributed by atoms with E-state index >= 15 is 0 Å². The summed E-state index contributed by atoms with van der Waals surface area (Å²) in [6, 6.07) is 5.77. The van der Waals surface area contributed by atoms with Gasteiger partial charge in [-0.15, -0.1) is 11.3 Å². The van der Waals surface area contributed by atoms with Gasteiger partial charge in [0.2, 0.25) is 12.7 Å². The van der Waals surface area contributed by atoms with Crippen molar-refractivity contribution < 1.29 is 14.3 Å². The van der Waals surface area contributed by atoms with Crippen molar-refractivity contribution in [1.82, 2.24) is 10.3 Å². The lowest BCUT2D eigenvalue weighted by atomic mass is 10.2. The van der Waals surface area contributed by atoms with E-state index in [1.54, 1.807) is 29.7 Å². The highest BCUT2D eigenvalue weighted by atomic mass is 32.1. The first-order valence-electron chi connectivity index (χ1n) is 7.80. The molecule has 1 aromatic carbocycles. The van der Waals surface area contributed by atoms with Crippen LogP contribution in [-0.4, -0.2) is 36.8 Å². The molecule has 0 spiro atoms. The predicted molar refractivity (Wildman–Crippen MR) is 92.5 cm³/mol. The van der Waals surface area contributed by atoms with E-state index in [2.05, 4.69) is 15.2 Å². The number of fused-ring (bicyclic) bond motifs is 1. The van der Waals surface area contributed by atoms with E-state index in [1.807, 2.05) is 23.6 Å². The molecular weight excluding hydrogens is 326 g/mol. The minimum Gasteiger partial charge on any atom is -0.454 e. The third-order valence-corrected chi connectivity index (χ3v) is 4.88. The fourth-order valence-corrected chi connectivity index (χ4v) is 3.54. The van der Waals surface area contributed by atoms with Gasteiger partial charge in [0.1, 0.15) is 0 Å². The zero-order chi connectivity index (χ0) is 16.4. The van der Waals surface area contributed by atoms with Crippen molar-refractivity contribution in [2.45, 2.75) is 12.5 Å². The van der Waals surface area contributed by atoms with E-state index in [1.165, 1.54) is 0 Å². The fourth-order valence-electron chi connectivity index (χ4n) is 2.86. The number of anilines is 1. The van der Waals surface area contributed by atoms with Crippen molar-refractivity contribution in [3.05, 3.63) is 41.4 Å². The van der Waals surface area contributed by atoms with Gasteiger partial charge in [-0.25, -0.2) is 4.98 Å². The van der Waals surface area contributed by atoms with Crippen LogP contribution in [0.4, 0.5) is 5.13 Å². The van der Waals surface area contributed by atoms with Crippen molar-refractivity contribution in [2.24, 2.45) is 0 Å². The van der Waals surface area contributed by atoms with Crippen LogP contribution >= 0.6 is 11.3 Å². The Morgan fingerprint density at radius 3 is 3.17 bits per heavy atom. The van der Waals surface area contributed by atoms with Gasteiger partial charge in [-0.3, -0.25) is 4.79 Å². The second-order valence-corrected chi connectivity index (χ2v) is 6.57. The second kappa shape index (κ2) is 6.52. The molecule has 6 nitrogen and oxygen atoms in total. The van der Waals surface area contributed by atoms with Crippen molar-refractivity contribution in [2.75, 3.05) is 24.8 Å². The molecule has 124 valence electrons. The van der Waals surface area contributed by atoms with E-state index < -0.39 is 0 Å². The Morgan fingerprint density at radius 1 is 1.38 bits per heavy atom. The quantitative estimate of drug-likeness (QED) is 0.863. The van der Waals surface area contributed by atoms with Crippen LogP contribution in [0.15, 0.2) is 35.9 Å². The van der Waals surface area contributed by atoms with E-state index in [-0.39, 0.29) is 18.7 Å². The normalized spacial score (nSPS) is 19.2. The standard InChI is InChI=1S/C17H17N3O3S/c21-16(4-2-12-1-3-14-15(9-12)23-11-22-14)19-13-5-7-20(10-13)17-18-6-8-24-17/h1-4,6,8-9,13H,5,7,10-11H2,(H,19,21). The maximum Gasteiger partial charge on any atom is 0.244 e. The monoisotopic (exact) mass is 343 g/mol. The van der Waals surface area contributed by atoms with Gasteiger partial charge in [0.05, 0.1) is 0 Å². The largest absolute Gasteiger partial charge is 0.454 e. The summed E-state index contributed by atoms with van der Waals surface area (Å²) >= 11 is 1.62. The fraction of sp³-hybridized carbons (Fsp3) is 0.294. The van der Waals surface area contributed by atoms with Gasteiger partial charge in [-0.1, -0.05) is 6.07 Å². The van der Waals surface area contributed by atoms with Crippen molar-refractivity contribution in [1.29, 1.82) is 0 Å². The van der Waals surface area contributed by atoms with Crippen LogP contribution in [0, 0.1) is 0 Å². The summed E-state index contributed by atoms with van der Waals surface area (Å²) in [6.07, 6.45) is 6.08. The zero-order valence-corrected chi connectivity index (χ0v) is 13.8. The summed E-state index contributed by atoms with van der Waals surface area (Å²) in [5, 5.41) is 6.03. The highest BCUT2D eigenvalue weighted by Gasteiger charge is 2.24. The summed E-state index contributed by atoms with van der Waals surface area (Å²) in [6.45, 7) is 1.97. The highest BCUT2D eigenvalue weighted by Crippen LogP contribution is 2.32. The summed E-state index contributed by atoms with van der Waals surface area (Å²) in [7, 11) is 0. The number of hydrogen-bond acceptors (Lipinski definition) is 6. The number of thiazole rings is 1. The van der Waals surface area contributed by atoms with Crippen LogP contribution in [-0.2, 0) is 4.79 Å². The third kappa shape index (κ3) is 3.21. The van der Waals surface area contributed by atoms with E-state index in [0.717, 1.165) is 36.0 Å². The minimum atomic E-state index is -0.0846. The molecule has 1 saturated heterocycles. The van der Waals surface area contributed by atoms with Crippen molar-refractivity contribution in [3.63, 3.8) is 0 Å². The molecular formula is C17H17N3O3S. The van der Waals surface area contributed by atoms with Gasteiger partial charge < -0.3 is 19.7 Å².